The fourth-order valence-electron chi connectivity index (χ4n) is 0.619. The van der Waals surface area contributed by atoms with Crippen molar-refractivity contribution >= 4 is 33.6 Å². The van der Waals surface area contributed by atoms with Crippen LogP contribution in [0.1, 0.15) is 0 Å². The molecule has 68 valence electrons. The molecule has 1 aromatic rings. The summed E-state index contributed by atoms with van der Waals surface area (Å²) in [5, 5.41) is 0. The number of hydrogen-bond donors (Lipinski definition) is 2. The van der Waals surface area contributed by atoms with Crippen LogP contribution in [0.3, 0.4) is 0 Å². The fraction of sp³-hybridized carbons (Fsp3) is 0. The third kappa shape index (κ3) is 4.72. The molecule has 0 saturated carbocycles. The second-order valence-corrected chi connectivity index (χ2v) is 5.22. The Bertz CT molecular complexity index is 270. The molecule has 0 unspecified atom stereocenters. The molecule has 0 spiro atoms. The number of benzene rings is 1. The summed E-state index contributed by atoms with van der Waals surface area (Å²) in [7, 11) is 0. The Morgan fingerprint density at radius 1 is 1.17 bits per heavy atom. The second kappa shape index (κ2) is 4.82. The van der Waals surface area contributed by atoms with Crippen molar-refractivity contribution in [2.24, 2.45) is 0 Å². The minimum atomic E-state index is -5.22. The number of rotatable bonds is 2. The topological polar surface area (TPSA) is 66.8 Å². The Hall–Kier alpha value is -0.0918. The zero-order valence-corrected chi connectivity index (χ0v) is 9.60. The average molecular weight is 299 g/mol. The molecule has 1 rings (SSSR count). The predicted octanol–water partition coefficient (Wildman–Crippen LogP) is 0.0289. The molecule has 0 aromatic heterocycles. The summed E-state index contributed by atoms with van der Waals surface area (Å²) >= 11 is -5.22. The van der Waals surface area contributed by atoms with Gasteiger partial charge in [0.2, 0.25) is 0 Å². The minimum absolute atomic E-state index is 0. The Morgan fingerprint density at radius 2 is 1.67 bits per heavy atom. The van der Waals surface area contributed by atoms with Gasteiger partial charge in [-0.1, -0.05) is 0 Å². The van der Waals surface area contributed by atoms with Crippen molar-refractivity contribution < 1.29 is 12.8 Å². The maximum atomic E-state index is 10.4. The summed E-state index contributed by atoms with van der Waals surface area (Å²) in [6, 6.07) is 8.01. The third-order valence-electron chi connectivity index (χ3n) is 0.968. The van der Waals surface area contributed by atoms with Crippen molar-refractivity contribution in [2.45, 2.75) is 0 Å². The molecule has 0 atom stereocenters. The van der Waals surface area contributed by atoms with Gasteiger partial charge in [-0.3, -0.25) is 0 Å². The van der Waals surface area contributed by atoms with Crippen molar-refractivity contribution in [3.05, 3.63) is 30.3 Å². The van der Waals surface area contributed by atoms with Gasteiger partial charge in [0.15, 0.2) is 0 Å². The van der Waals surface area contributed by atoms with E-state index in [0.717, 1.165) is 0 Å². The molecule has 0 aliphatic rings. The summed E-state index contributed by atoms with van der Waals surface area (Å²) in [4.78, 5) is 0. The summed E-state index contributed by atoms with van der Waals surface area (Å²) in [5.41, 5.74) is 0. The molecule has 0 heterocycles. The molecule has 0 aliphatic carbocycles. The van der Waals surface area contributed by atoms with Crippen LogP contribution in [0.2, 0.25) is 0 Å². The van der Waals surface area contributed by atoms with Crippen LogP contribution in [-0.4, -0.2) is 26.8 Å². The molecule has 2 N–H and O–H groups in total. The van der Waals surface area contributed by atoms with Crippen molar-refractivity contribution in [3.8, 4) is 5.75 Å². The van der Waals surface area contributed by atoms with Crippen LogP contribution < -0.4 is 3.02 Å². The molecule has 12 heavy (non-hydrogen) atoms. The molecule has 0 fully saturated rings. The van der Waals surface area contributed by atoms with E-state index < -0.39 is 20.1 Å². The van der Waals surface area contributed by atoms with Gasteiger partial charge in [-0.2, -0.15) is 13.5 Å². The SMILES string of the molecule is S.[O]=[Sb]([OH])([OH])[O]c1ccccc1. The zero-order chi connectivity index (χ0) is 8.32. The molecule has 4 nitrogen and oxygen atoms in total. The monoisotopic (exact) mass is 298 g/mol. The van der Waals surface area contributed by atoms with Crippen LogP contribution in [0.25, 0.3) is 0 Å². The Labute approximate surface area is 82.3 Å². The van der Waals surface area contributed by atoms with Crippen molar-refractivity contribution in [1.82, 2.24) is 0 Å². The van der Waals surface area contributed by atoms with E-state index >= 15 is 0 Å². The first-order valence-electron chi connectivity index (χ1n) is 2.88. The van der Waals surface area contributed by atoms with Crippen LogP contribution in [0.5, 0.6) is 5.75 Å². The van der Waals surface area contributed by atoms with Gasteiger partial charge in [-0.15, -0.1) is 0 Å². The molecule has 6 heteroatoms. The van der Waals surface area contributed by atoms with Crippen LogP contribution in [-0.2, 0) is 3.02 Å². The van der Waals surface area contributed by atoms with E-state index in [-0.39, 0.29) is 19.2 Å². The standard InChI is InChI=1S/C6H6O.2H2O.O.H2S.Sb/c7-6-4-2-1-3-5-6;;;;;/h1-5,7H;2*1H2;;1H2;/q;;;;;+3/p-3. The summed E-state index contributed by atoms with van der Waals surface area (Å²) in [5.74, 6) is 0.207. The summed E-state index contributed by atoms with van der Waals surface area (Å²) in [6.07, 6.45) is 0. The molecule has 0 amide bonds. The molecule has 0 bridgehead atoms. The van der Waals surface area contributed by atoms with Crippen molar-refractivity contribution in [1.29, 1.82) is 0 Å². The van der Waals surface area contributed by atoms with E-state index in [0.29, 0.717) is 0 Å². The second-order valence-electron chi connectivity index (χ2n) is 1.89. The van der Waals surface area contributed by atoms with Crippen LogP contribution >= 0.6 is 13.5 Å². The first-order chi connectivity index (χ1) is 5.08. The summed E-state index contributed by atoms with van der Waals surface area (Å²) < 4.78 is 31.6. The molecule has 0 aliphatic heterocycles. The van der Waals surface area contributed by atoms with Crippen LogP contribution in [0.4, 0.5) is 0 Å². The molecule has 1 aromatic carbocycles. The van der Waals surface area contributed by atoms with Crippen LogP contribution in [0, 0.1) is 0 Å². The van der Waals surface area contributed by atoms with Gasteiger partial charge in [-0.05, 0) is 0 Å². The first-order valence-corrected chi connectivity index (χ1v) is 7.25. The number of hydrogen-bond acceptors (Lipinski definition) is 2. The molecular weight excluding hydrogens is 290 g/mol. The first kappa shape index (κ1) is 11.9. The average Bonchev–Trinajstić information content (AvgIpc) is 1.85. The van der Waals surface area contributed by atoms with Gasteiger partial charge in [0, 0.05) is 0 Å². The van der Waals surface area contributed by atoms with Gasteiger partial charge in [0.25, 0.3) is 0 Å². The normalized spacial score (nSPS) is 10.2. The van der Waals surface area contributed by atoms with Gasteiger partial charge >= 0.3 is 68.9 Å². The Morgan fingerprint density at radius 3 is 2.08 bits per heavy atom. The summed E-state index contributed by atoms with van der Waals surface area (Å²) in [6.45, 7) is 0. The predicted molar refractivity (Wildman–Crippen MR) is 48.3 cm³/mol. The molecule has 0 saturated heterocycles. The van der Waals surface area contributed by atoms with E-state index in [9.17, 15) is 3.02 Å². The maximum absolute atomic E-state index is 10.4. The van der Waals surface area contributed by atoms with Gasteiger partial charge in [0.1, 0.15) is 0 Å². The molecule has 0 radical (unpaired) electrons. The quantitative estimate of drug-likeness (QED) is 0.756. The fourth-order valence-corrected chi connectivity index (χ4v) is 1.75. The third-order valence-corrected chi connectivity index (χ3v) is 2.25. The van der Waals surface area contributed by atoms with E-state index in [1.807, 2.05) is 0 Å². The molecular formula is C6H9O4SSb. The van der Waals surface area contributed by atoms with E-state index in [2.05, 4.69) is 3.02 Å². The Balaban J connectivity index is 0.00000121. The Kier molecular flexibility index (Phi) is 4.78. The van der Waals surface area contributed by atoms with Gasteiger partial charge in [0.05, 0.1) is 0 Å². The van der Waals surface area contributed by atoms with Gasteiger partial charge < -0.3 is 0 Å². The van der Waals surface area contributed by atoms with E-state index in [1.165, 1.54) is 12.1 Å². The van der Waals surface area contributed by atoms with E-state index in [4.69, 9.17) is 6.77 Å². The van der Waals surface area contributed by atoms with Gasteiger partial charge in [-0.25, -0.2) is 0 Å². The number of para-hydroxylation sites is 1. The van der Waals surface area contributed by atoms with Crippen molar-refractivity contribution in [3.63, 3.8) is 0 Å². The van der Waals surface area contributed by atoms with Crippen molar-refractivity contribution in [2.75, 3.05) is 0 Å². The zero-order valence-electron chi connectivity index (χ0n) is 6.04. The van der Waals surface area contributed by atoms with E-state index in [1.54, 1.807) is 18.2 Å². The van der Waals surface area contributed by atoms with Crippen LogP contribution in [0.15, 0.2) is 30.3 Å².